The molecule has 1 fully saturated rings. The third kappa shape index (κ3) is 3.92. The van der Waals surface area contributed by atoms with Crippen LogP contribution in [-0.4, -0.2) is 35.0 Å². The predicted octanol–water partition coefficient (Wildman–Crippen LogP) is 2.99. The van der Waals surface area contributed by atoms with Crippen LogP contribution in [0.4, 0.5) is 0 Å². The highest BCUT2D eigenvalue weighted by Crippen LogP contribution is 2.34. The summed E-state index contributed by atoms with van der Waals surface area (Å²) in [5.74, 6) is 0.0416. The molecule has 2 atom stereocenters. The molecule has 2 aliphatic rings. The lowest BCUT2D eigenvalue weighted by Crippen LogP contribution is -2.48. The Morgan fingerprint density at radius 2 is 1.89 bits per heavy atom. The van der Waals surface area contributed by atoms with E-state index in [0.29, 0.717) is 13.0 Å². The fraction of sp³-hybridized carbons (Fsp3) is 0.435. The Bertz CT molecular complexity index is 792. The van der Waals surface area contributed by atoms with Crippen molar-refractivity contribution < 1.29 is 9.90 Å². The molecule has 0 saturated carbocycles. The van der Waals surface area contributed by atoms with E-state index in [1.54, 1.807) is 0 Å². The second kappa shape index (κ2) is 7.83. The summed E-state index contributed by atoms with van der Waals surface area (Å²) in [6.45, 7) is 2.03. The molecule has 1 heterocycles. The summed E-state index contributed by atoms with van der Waals surface area (Å²) < 4.78 is 0. The van der Waals surface area contributed by atoms with E-state index in [-0.39, 0.29) is 11.9 Å². The number of hydrogen-bond donors (Lipinski definition) is 2. The van der Waals surface area contributed by atoms with Gasteiger partial charge in [-0.2, -0.15) is 0 Å². The number of hydrogen-bond acceptors (Lipinski definition) is 3. The zero-order valence-electron chi connectivity index (χ0n) is 15.7. The zero-order chi connectivity index (χ0) is 18.7. The van der Waals surface area contributed by atoms with Crippen molar-refractivity contribution in [3.63, 3.8) is 0 Å². The Balaban J connectivity index is 1.40. The van der Waals surface area contributed by atoms with Gasteiger partial charge in [-0.3, -0.25) is 9.69 Å². The van der Waals surface area contributed by atoms with Gasteiger partial charge >= 0.3 is 0 Å². The van der Waals surface area contributed by atoms with Gasteiger partial charge in [0.05, 0.1) is 12.6 Å². The molecule has 1 aliphatic carbocycles. The summed E-state index contributed by atoms with van der Waals surface area (Å²) in [5.41, 5.74) is 2.46. The second-order valence-electron chi connectivity index (χ2n) is 7.87. The molecule has 2 aromatic carbocycles. The first-order valence-corrected chi connectivity index (χ1v) is 10.0. The standard InChI is InChI=1S/C23H28N2O2/c26-22(21-13-7-15-25(21)16-18-8-2-1-3-9-18)24-17-23(27)14-6-11-19-10-4-5-12-20(19)23/h1-5,8-10,12,21,27H,6-7,11,13-17H2,(H,24,26). The SMILES string of the molecule is O=C(NCC1(O)CCCc2ccccc21)C1CCCN1Cc1ccccc1. The molecular weight excluding hydrogens is 336 g/mol. The van der Waals surface area contributed by atoms with Gasteiger partial charge in [0.2, 0.25) is 5.91 Å². The van der Waals surface area contributed by atoms with Crippen molar-refractivity contribution in [2.45, 2.75) is 50.3 Å². The molecule has 27 heavy (non-hydrogen) atoms. The van der Waals surface area contributed by atoms with Crippen LogP contribution >= 0.6 is 0 Å². The van der Waals surface area contributed by atoms with Crippen LogP contribution < -0.4 is 5.32 Å². The lowest BCUT2D eigenvalue weighted by atomic mass is 9.79. The van der Waals surface area contributed by atoms with Crippen molar-refractivity contribution in [3.05, 3.63) is 71.3 Å². The summed E-state index contributed by atoms with van der Waals surface area (Å²) >= 11 is 0. The van der Waals surface area contributed by atoms with Gasteiger partial charge in [-0.05, 0) is 55.3 Å². The maximum absolute atomic E-state index is 12.9. The van der Waals surface area contributed by atoms with Crippen LogP contribution in [-0.2, 0) is 23.4 Å². The van der Waals surface area contributed by atoms with Gasteiger partial charge in [0, 0.05) is 6.54 Å². The smallest absolute Gasteiger partial charge is 0.237 e. The third-order valence-electron chi connectivity index (χ3n) is 6.01. The summed E-state index contributed by atoms with van der Waals surface area (Å²) in [4.78, 5) is 15.1. The largest absolute Gasteiger partial charge is 0.383 e. The summed E-state index contributed by atoms with van der Waals surface area (Å²) in [5, 5.41) is 14.2. The minimum atomic E-state index is -0.951. The molecule has 2 N–H and O–H groups in total. The number of nitrogens with one attached hydrogen (secondary N) is 1. The Hall–Kier alpha value is -2.17. The van der Waals surface area contributed by atoms with Crippen molar-refractivity contribution in [2.24, 2.45) is 0 Å². The van der Waals surface area contributed by atoms with Crippen LogP contribution in [0, 0.1) is 0 Å². The minimum Gasteiger partial charge on any atom is -0.383 e. The molecule has 2 unspecified atom stereocenters. The van der Waals surface area contributed by atoms with Crippen molar-refractivity contribution >= 4 is 5.91 Å². The number of nitrogens with zero attached hydrogens (tertiary/aromatic N) is 1. The van der Waals surface area contributed by atoms with E-state index in [2.05, 4.69) is 28.4 Å². The zero-order valence-corrected chi connectivity index (χ0v) is 15.7. The van der Waals surface area contributed by atoms with Crippen LogP contribution in [0.25, 0.3) is 0 Å². The molecular formula is C23H28N2O2. The average molecular weight is 364 g/mol. The molecule has 0 aromatic heterocycles. The predicted molar refractivity (Wildman–Crippen MR) is 106 cm³/mol. The van der Waals surface area contributed by atoms with E-state index in [9.17, 15) is 9.90 Å². The number of carbonyl (C=O) groups is 1. The molecule has 1 aliphatic heterocycles. The Morgan fingerprint density at radius 1 is 1.11 bits per heavy atom. The maximum atomic E-state index is 12.9. The number of aryl methyl sites for hydroxylation is 1. The fourth-order valence-electron chi connectivity index (χ4n) is 4.56. The number of carbonyl (C=O) groups excluding carboxylic acids is 1. The molecule has 2 aromatic rings. The van der Waals surface area contributed by atoms with E-state index in [1.807, 2.05) is 36.4 Å². The van der Waals surface area contributed by atoms with Crippen LogP contribution in [0.1, 0.15) is 42.4 Å². The monoisotopic (exact) mass is 364 g/mol. The Labute approximate surface area is 161 Å². The fourth-order valence-corrected chi connectivity index (χ4v) is 4.56. The van der Waals surface area contributed by atoms with Gasteiger partial charge in [0.1, 0.15) is 5.60 Å². The number of fused-ring (bicyclic) bond motifs is 1. The highest BCUT2D eigenvalue weighted by Gasteiger charge is 2.36. The van der Waals surface area contributed by atoms with Gasteiger partial charge in [-0.15, -0.1) is 0 Å². The first kappa shape index (κ1) is 18.2. The molecule has 1 saturated heterocycles. The van der Waals surface area contributed by atoms with E-state index in [1.165, 1.54) is 11.1 Å². The average Bonchev–Trinajstić information content (AvgIpc) is 3.16. The number of amides is 1. The van der Waals surface area contributed by atoms with Crippen LogP contribution in [0.2, 0.25) is 0 Å². The third-order valence-corrected chi connectivity index (χ3v) is 6.01. The summed E-state index contributed by atoms with van der Waals surface area (Å²) in [6, 6.07) is 18.3. The molecule has 0 spiro atoms. The number of aliphatic hydroxyl groups is 1. The van der Waals surface area contributed by atoms with Gasteiger partial charge in [-0.1, -0.05) is 54.6 Å². The number of likely N-dealkylation sites (tertiary alicyclic amines) is 1. The second-order valence-corrected chi connectivity index (χ2v) is 7.87. The molecule has 142 valence electrons. The summed E-state index contributed by atoms with van der Waals surface area (Å²) in [7, 11) is 0. The maximum Gasteiger partial charge on any atom is 0.237 e. The van der Waals surface area contributed by atoms with Gasteiger partial charge < -0.3 is 10.4 Å². The van der Waals surface area contributed by atoms with Crippen molar-refractivity contribution in [1.29, 1.82) is 0 Å². The van der Waals surface area contributed by atoms with E-state index in [4.69, 9.17) is 0 Å². The van der Waals surface area contributed by atoms with E-state index < -0.39 is 5.60 Å². The first-order chi connectivity index (χ1) is 13.2. The first-order valence-electron chi connectivity index (χ1n) is 10.0. The molecule has 0 radical (unpaired) electrons. The van der Waals surface area contributed by atoms with Crippen molar-refractivity contribution in [2.75, 3.05) is 13.1 Å². The van der Waals surface area contributed by atoms with E-state index >= 15 is 0 Å². The Morgan fingerprint density at radius 3 is 2.74 bits per heavy atom. The molecule has 4 rings (SSSR count). The lowest BCUT2D eigenvalue weighted by Gasteiger charge is -2.35. The topological polar surface area (TPSA) is 52.6 Å². The van der Waals surface area contributed by atoms with Crippen LogP contribution in [0.3, 0.4) is 0 Å². The van der Waals surface area contributed by atoms with Gasteiger partial charge in [-0.25, -0.2) is 0 Å². The molecule has 0 bridgehead atoms. The normalized spacial score (nSPS) is 25.1. The van der Waals surface area contributed by atoms with Crippen LogP contribution in [0.5, 0.6) is 0 Å². The quantitative estimate of drug-likeness (QED) is 0.858. The Kier molecular flexibility index (Phi) is 5.28. The van der Waals surface area contributed by atoms with Crippen LogP contribution in [0.15, 0.2) is 54.6 Å². The van der Waals surface area contributed by atoms with Gasteiger partial charge in [0.15, 0.2) is 0 Å². The highest BCUT2D eigenvalue weighted by atomic mass is 16.3. The number of benzene rings is 2. The minimum absolute atomic E-state index is 0.0416. The van der Waals surface area contributed by atoms with E-state index in [0.717, 1.165) is 44.3 Å². The lowest BCUT2D eigenvalue weighted by molar-refractivity contribution is -0.127. The van der Waals surface area contributed by atoms with Crippen molar-refractivity contribution in [3.8, 4) is 0 Å². The molecule has 4 nitrogen and oxygen atoms in total. The summed E-state index contributed by atoms with van der Waals surface area (Å²) in [6.07, 6.45) is 4.57. The molecule has 1 amide bonds. The number of rotatable bonds is 5. The van der Waals surface area contributed by atoms with Crippen molar-refractivity contribution in [1.82, 2.24) is 10.2 Å². The van der Waals surface area contributed by atoms with Gasteiger partial charge in [0.25, 0.3) is 0 Å². The highest BCUT2D eigenvalue weighted by molar-refractivity contribution is 5.82. The molecule has 4 heteroatoms.